The smallest absolute Gasteiger partial charge is 0.156 e. The highest BCUT2D eigenvalue weighted by molar-refractivity contribution is 8.13. The number of aliphatic imine (C=N–C) groups is 1. The zero-order valence-corrected chi connectivity index (χ0v) is 12.1. The molecule has 2 nitrogen and oxygen atoms in total. The van der Waals surface area contributed by atoms with E-state index in [1.165, 1.54) is 48.8 Å². The maximum atomic E-state index is 4.61. The van der Waals surface area contributed by atoms with Crippen LogP contribution < -0.4 is 5.32 Å². The highest BCUT2D eigenvalue weighted by Gasteiger charge is 2.11. The van der Waals surface area contributed by atoms with E-state index in [0.29, 0.717) is 6.04 Å². The molecule has 0 spiro atoms. The molecule has 1 unspecified atom stereocenters. The second-order valence-electron chi connectivity index (χ2n) is 4.28. The summed E-state index contributed by atoms with van der Waals surface area (Å²) < 4.78 is 0. The van der Waals surface area contributed by atoms with Crippen molar-refractivity contribution >= 4 is 28.7 Å². The molecule has 1 N–H and O–H groups in total. The van der Waals surface area contributed by atoms with Crippen LogP contribution in [-0.4, -0.2) is 35.5 Å². The lowest BCUT2D eigenvalue weighted by Gasteiger charge is -2.21. The van der Waals surface area contributed by atoms with Gasteiger partial charge in [-0.3, -0.25) is 4.99 Å². The van der Waals surface area contributed by atoms with Gasteiger partial charge in [0, 0.05) is 18.3 Å². The van der Waals surface area contributed by atoms with Crippen molar-refractivity contribution in [2.45, 2.75) is 45.1 Å². The average Bonchev–Trinajstić information content (AvgIpc) is 2.28. The molecule has 0 aliphatic carbocycles. The molecule has 0 amide bonds. The third-order valence-corrected chi connectivity index (χ3v) is 4.33. The lowest BCUT2D eigenvalue weighted by Crippen LogP contribution is -2.35. The number of nitrogens with one attached hydrogen (secondary N) is 1. The van der Waals surface area contributed by atoms with Crippen molar-refractivity contribution in [2.24, 2.45) is 4.99 Å². The van der Waals surface area contributed by atoms with Crippen molar-refractivity contribution in [3.8, 4) is 0 Å². The number of unbranched alkanes of at least 4 members (excludes halogenated alkanes) is 3. The molecule has 0 aromatic carbocycles. The molecular formula is C12H24N2S2. The fraction of sp³-hybridized carbons (Fsp3) is 0.917. The van der Waals surface area contributed by atoms with Crippen LogP contribution in [0.2, 0.25) is 0 Å². The summed E-state index contributed by atoms with van der Waals surface area (Å²) in [4.78, 5) is 4.61. The standard InChI is InChI=1S/C12H24N2S2/c1-11-7-10-16-12(14-11)13-8-5-3-4-6-9-15-2/h11H,3-10H2,1-2H3,(H,13,14). The van der Waals surface area contributed by atoms with Crippen LogP contribution in [0.1, 0.15) is 39.0 Å². The normalized spacial score (nSPS) is 23.4. The summed E-state index contributed by atoms with van der Waals surface area (Å²) in [5.41, 5.74) is 0. The van der Waals surface area contributed by atoms with Gasteiger partial charge < -0.3 is 5.32 Å². The predicted molar refractivity (Wildman–Crippen MR) is 78.8 cm³/mol. The van der Waals surface area contributed by atoms with Gasteiger partial charge in [-0.05, 0) is 38.2 Å². The third-order valence-electron chi connectivity index (χ3n) is 2.67. The number of rotatable bonds is 7. The number of thioether (sulfide) groups is 2. The summed E-state index contributed by atoms with van der Waals surface area (Å²) in [6.45, 7) is 3.24. The van der Waals surface area contributed by atoms with Crippen LogP contribution in [0.5, 0.6) is 0 Å². The molecule has 94 valence electrons. The van der Waals surface area contributed by atoms with Crippen molar-refractivity contribution in [1.82, 2.24) is 5.32 Å². The number of hydrogen-bond donors (Lipinski definition) is 1. The molecule has 1 rings (SSSR count). The number of nitrogens with zero attached hydrogens (tertiary/aromatic N) is 1. The molecule has 0 aromatic rings. The Morgan fingerprint density at radius 2 is 2.19 bits per heavy atom. The van der Waals surface area contributed by atoms with Gasteiger partial charge in [-0.2, -0.15) is 11.8 Å². The fourth-order valence-corrected chi connectivity index (χ4v) is 3.27. The highest BCUT2D eigenvalue weighted by Crippen LogP contribution is 2.13. The first-order chi connectivity index (χ1) is 7.83. The van der Waals surface area contributed by atoms with Gasteiger partial charge in [-0.1, -0.05) is 24.6 Å². The summed E-state index contributed by atoms with van der Waals surface area (Å²) in [7, 11) is 0. The van der Waals surface area contributed by atoms with Crippen LogP contribution in [0.15, 0.2) is 4.99 Å². The Bertz CT molecular complexity index is 207. The Balaban J connectivity index is 1.98. The van der Waals surface area contributed by atoms with E-state index in [1.54, 1.807) is 0 Å². The SMILES string of the molecule is CSCCCCCCN=C1NC(C)CCS1. The molecule has 0 saturated carbocycles. The third kappa shape index (κ3) is 6.69. The maximum Gasteiger partial charge on any atom is 0.156 e. The summed E-state index contributed by atoms with van der Waals surface area (Å²) in [5.74, 6) is 2.53. The van der Waals surface area contributed by atoms with Crippen molar-refractivity contribution in [2.75, 3.05) is 24.3 Å². The van der Waals surface area contributed by atoms with E-state index in [2.05, 4.69) is 23.5 Å². The molecule has 1 atom stereocenters. The van der Waals surface area contributed by atoms with Gasteiger partial charge in [0.15, 0.2) is 5.17 Å². The van der Waals surface area contributed by atoms with Crippen molar-refractivity contribution in [3.05, 3.63) is 0 Å². The molecule has 4 heteroatoms. The first kappa shape index (κ1) is 14.2. The minimum absolute atomic E-state index is 0.613. The summed E-state index contributed by atoms with van der Waals surface area (Å²) in [6.07, 6.45) is 8.74. The molecule has 1 fully saturated rings. The average molecular weight is 260 g/mol. The Morgan fingerprint density at radius 1 is 1.38 bits per heavy atom. The first-order valence-corrected chi connectivity index (χ1v) is 8.63. The van der Waals surface area contributed by atoms with Crippen LogP contribution in [0, 0.1) is 0 Å². The van der Waals surface area contributed by atoms with Crippen LogP contribution >= 0.6 is 23.5 Å². The van der Waals surface area contributed by atoms with Gasteiger partial charge in [-0.15, -0.1) is 0 Å². The van der Waals surface area contributed by atoms with Crippen LogP contribution in [-0.2, 0) is 0 Å². The van der Waals surface area contributed by atoms with E-state index in [9.17, 15) is 0 Å². The molecule has 0 radical (unpaired) electrons. The summed E-state index contributed by atoms with van der Waals surface area (Å²) in [5, 5.41) is 4.61. The van der Waals surface area contributed by atoms with E-state index in [4.69, 9.17) is 0 Å². The van der Waals surface area contributed by atoms with Crippen molar-refractivity contribution in [1.29, 1.82) is 0 Å². The zero-order valence-electron chi connectivity index (χ0n) is 10.5. The molecule has 0 bridgehead atoms. The van der Waals surface area contributed by atoms with E-state index < -0.39 is 0 Å². The topological polar surface area (TPSA) is 24.4 Å². The van der Waals surface area contributed by atoms with E-state index in [1.807, 2.05) is 23.5 Å². The zero-order chi connectivity index (χ0) is 11.6. The van der Waals surface area contributed by atoms with Crippen LogP contribution in [0.25, 0.3) is 0 Å². The Kier molecular flexibility index (Phi) is 8.21. The van der Waals surface area contributed by atoms with Gasteiger partial charge in [0.25, 0.3) is 0 Å². The number of amidine groups is 1. The van der Waals surface area contributed by atoms with Gasteiger partial charge >= 0.3 is 0 Å². The Morgan fingerprint density at radius 3 is 2.94 bits per heavy atom. The fourth-order valence-electron chi connectivity index (χ4n) is 1.64. The quantitative estimate of drug-likeness (QED) is 0.710. The minimum atomic E-state index is 0.613. The molecule has 16 heavy (non-hydrogen) atoms. The Labute approximate surface area is 108 Å². The summed E-state index contributed by atoms with van der Waals surface area (Å²) in [6, 6.07) is 0.613. The molecule has 1 saturated heterocycles. The monoisotopic (exact) mass is 260 g/mol. The molecule has 1 heterocycles. The summed E-state index contributed by atoms with van der Waals surface area (Å²) >= 11 is 3.82. The van der Waals surface area contributed by atoms with Crippen LogP contribution in [0.3, 0.4) is 0 Å². The van der Waals surface area contributed by atoms with E-state index >= 15 is 0 Å². The van der Waals surface area contributed by atoms with Crippen molar-refractivity contribution < 1.29 is 0 Å². The second kappa shape index (κ2) is 9.23. The highest BCUT2D eigenvalue weighted by atomic mass is 32.2. The Hall–Kier alpha value is 0.170. The first-order valence-electron chi connectivity index (χ1n) is 6.25. The lowest BCUT2D eigenvalue weighted by atomic mass is 10.2. The van der Waals surface area contributed by atoms with Gasteiger partial charge in [-0.25, -0.2) is 0 Å². The van der Waals surface area contributed by atoms with E-state index in [-0.39, 0.29) is 0 Å². The second-order valence-corrected chi connectivity index (χ2v) is 6.35. The maximum absolute atomic E-state index is 4.61. The molecule has 0 aromatic heterocycles. The molecular weight excluding hydrogens is 236 g/mol. The molecule has 1 aliphatic heterocycles. The van der Waals surface area contributed by atoms with E-state index in [0.717, 1.165) is 6.54 Å². The molecule has 1 aliphatic rings. The lowest BCUT2D eigenvalue weighted by molar-refractivity contribution is 0.637. The minimum Gasteiger partial charge on any atom is -0.362 e. The van der Waals surface area contributed by atoms with Gasteiger partial charge in [0.1, 0.15) is 0 Å². The predicted octanol–water partition coefficient (Wildman–Crippen LogP) is 3.38. The van der Waals surface area contributed by atoms with Crippen molar-refractivity contribution in [3.63, 3.8) is 0 Å². The largest absolute Gasteiger partial charge is 0.362 e. The van der Waals surface area contributed by atoms with Gasteiger partial charge in [0.05, 0.1) is 0 Å². The van der Waals surface area contributed by atoms with Gasteiger partial charge in [0.2, 0.25) is 0 Å². The number of hydrogen-bond acceptors (Lipinski definition) is 3. The van der Waals surface area contributed by atoms with Crippen LogP contribution in [0.4, 0.5) is 0 Å².